The molecule has 0 N–H and O–H groups in total. The Morgan fingerprint density at radius 2 is 1.77 bits per heavy atom. The van der Waals surface area contributed by atoms with Gasteiger partial charge in [0.25, 0.3) is 0 Å². The molecule has 1 aromatic carbocycles. The molecule has 0 heterocycles. The molecule has 0 fully saturated rings. The fourth-order valence-electron chi connectivity index (χ4n) is 1.71. The lowest BCUT2D eigenvalue weighted by Gasteiger charge is -2.19. The van der Waals surface area contributed by atoms with Gasteiger partial charge in [-0.25, -0.2) is 4.79 Å². The van der Waals surface area contributed by atoms with Crippen LogP contribution >= 0.6 is 0 Å². The number of carbonyl (C=O) groups excluding carboxylic acids is 2. The average Bonchev–Trinajstić information content (AvgIpc) is 2.44. The predicted octanol–water partition coefficient (Wildman–Crippen LogP) is 3.76. The van der Waals surface area contributed by atoms with Gasteiger partial charge in [-0.1, -0.05) is 30.3 Å². The van der Waals surface area contributed by atoms with Crippen LogP contribution in [-0.4, -0.2) is 24.1 Å². The van der Waals surface area contributed by atoms with Crippen molar-refractivity contribution in [3.8, 4) is 0 Å². The predicted molar refractivity (Wildman–Crippen MR) is 86.1 cm³/mol. The molecule has 1 aromatic rings. The SMILES string of the molecule is CC(C)(C)OC(=O)CCCCOC(=O)/C=C/c1ccccc1. The van der Waals surface area contributed by atoms with E-state index < -0.39 is 5.60 Å². The molecule has 0 saturated heterocycles. The third-order valence-electron chi connectivity index (χ3n) is 2.65. The number of unbranched alkanes of at least 4 members (excludes halogenated alkanes) is 1. The first kappa shape index (κ1) is 18.0. The van der Waals surface area contributed by atoms with Crippen LogP contribution in [0.3, 0.4) is 0 Å². The van der Waals surface area contributed by atoms with E-state index in [1.165, 1.54) is 6.08 Å². The Bertz CT molecular complexity index is 498. The molecule has 0 amide bonds. The molecular formula is C18H24O4. The minimum Gasteiger partial charge on any atom is -0.463 e. The van der Waals surface area contributed by atoms with Crippen LogP contribution in [-0.2, 0) is 19.1 Å². The molecule has 1 rings (SSSR count). The lowest BCUT2D eigenvalue weighted by atomic mass is 10.2. The lowest BCUT2D eigenvalue weighted by Crippen LogP contribution is -2.23. The zero-order valence-corrected chi connectivity index (χ0v) is 13.5. The van der Waals surface area contributed by atoms with Gasteiger partial charge < -0.3 is 9.47 Å². The quantitative estimate of drug-likeness (QED) is 0.437. The summed E-state index contributed by atoms with van der Waals surface area (Å²) < 4.78 is 10.3. The van der Waals surface area contributed by atoms with Crippen molar-refractivity contribution in [1.82, 2.24) is 0 Å². The van der Waals surface area contributed by atoms with Crippen LogP contribution in [0, 0.1) is 0 Å². The monoisotopic (exact) mass is 304 g/mol. The summed E-state index contributed by atoms with van der Waals surface area (Å²) in [6.45, 7) is 5.82. The average molecular weight is 304 g/mol. The minimum absolute atomic E-state index is 0.220. The summed E-state index contributed by atoms with van der Waals surface area (Å²) >= 11 is 0. The molecule has 0 spiro atoms. The van der Waals surface area contributed by atoms with Crippen LogP contribution in [0.25, 0.3) is 6.08 Å². The Labute approximate surface area is 132 Å². The number of hydrogen-bond acceptors (Lipinski definition) is 4. The molecule has 4 nitrogen and oxygen atoms in total. The second-order valence-corrected chi connectivity index (χ2v) is 5.96. The molecule has 0 saturated carbocycles. The largest absolute Gasteiger partial charge is 0.463 e. The van der Waals surface area contributed by atoms with Crippen LogP contribution in [0.4, 0.5) is 0 Å². The van der Waals surface area contributed by atoms with E-state index in [9.17, 15) is 9.59 Å². The number of benzene rings is 1. The smallest absolute Gasteiger partial charge is 0.330 e. The number of carbonyl (C=O) groups is 2. The van der Waals surface area contributed by atoms with Crippen molar-refractivity contribution in [2.75, 3.05) is 6.61 Å². The van der Waals surface area contributed by atoms with Crippen molar-refractivity contribution >= 4 is 18.0 Å². The van der Waals surface area contributed by atoms with Gasteiger partial charge >= 0.3 is 11.9 Å². The van der Waals surface area contributed by atoms with Gasteiger partial charge in [-0.3, -0.25) is 4.79 Å². The zero-order chi connectivity index (χ0) is 16.4. The molecule has 0 atom stereocenters. The molecule has 4 heteroatoms. The van der Waals surface area contributed by atoms with Crippen LogP contribution in [0.15, 0.2) is 36.4 Å². The van der Waals surface area contributed by atoms with E-state index in [0.29, 0.717) is 25.9 Å². The second-order valence-electron chi connectivity index (χ2n) is 5.96. The van der Waals surface area contributed by atoms with Crippen LogP contribution < -0.4 is 0 Å². The maximum atomic E-state index is 11.5. The third-order valence-corrected chi connectivity index (χ3v) is 2.65. The molecule has 0 aromatic heterocycles. The molecule has 0 aliphatic rings. The van der Waals surface area contributed by atoms with E-state index in [-0.39, 0.29) is 11.9 Å². The fourth-order valence-corrected chi connectivity index (χ4v) is 1.71. The van der Waals surface area contributed by atoms with Crippen molar-refractivity contribution in [1.29, 1.82) is 0 Å². The third kappa shape index (κ3) is 8.95. The Morgan fingerprint density at radius 3 is 2.41 bits per heavy atom. The topological polar surface area (TPSA) is 52.6 Å². The van der Waals surface area contributed by atoms with Crippen molar-refractivity contribution in [3.63, 3.8) is 0 Å². The van der Waals surface area contributed by atoms with Gasteiger partial charge in [0, 0.05) is 12.5 Å². The zero-order valence-electron chi connectivity index (χ0n) is 13.5. The minimum atomic E-state index is -0.453. The van der Waals surface area contributed by atoms with Crippen molar-refractivity contribution in [2.24, 2.45) is 0 Å². The summed E-state index contributed by atoms with van der Waals surface area (Å²) in [5.74, 6) is -0.594. The molecule has 0 aliphatic heterocycles. The summed E-state index contributed by atoms with van der Waals surface area (Å²) in [5, 5.41) is 0. The highest BCUT2D eigenvalue weighted by Crippen LogP contribution is 2.10. The molecule has 22 heavy (non-hydrogen) atoms. The summed E-state index contributed by atoms with van der Waals surface area (Å²) in [5.41, 5.74) is 0.496. The van der Waals surface area contributed by atoms with E-state index in [1.807, 2.05) is 51.1 Å². The Kier molecular flexibility index (Phi) is 7.37. The Morgan fingerprint density at radius 1 is 1.09 bits per heavy atom. The van der Waals surface area contributed by atoms with Crippen molar-refractivity contribution < 1.29 is 19.1 Å². The van der Waals surface area contributed by atoms with Gasteiger partial charge in [0.2, 0.25) is 0 Å². The molecule has 0 aliphatic carbocycles. The molecule has 0 radical (unpaired) electrons. The molecular weight excluding hydrogens is 280 g/mol. The van der Waals surface area contributed by atoms with E-state index in [1.54, 1.807) is 6.08 Å². The van der Waals surface area contributed by atoms with Gasteiger partial charge in [-0.05, 0) is 45.3 Å². The number of hydrogen-bond donors (Lipinski definition) is 0. The van der Waals surface area contributed by atoms with Crippen LogP contribution in [0.2, 0.25) is 0 Å². The highest BCUT2D eigenvalue weighted by molar-refractivity contribution is 5.87. The van der Waals surface area contributed by atoms with E-state index in [0.717, 1.165) is 5.56 Å². The van der Waals surface area contributed by atoms with E-state index in [4.69, 9.17) is 9.47 Å². The van der Waals surface area contributed by atoms with Crippen LogP contribution in [0.5, 0.6) is 0 Å². The van der Waals surface area contributed by atoms with Gasteiger partial charge in [-0.15, -0.1) is 0 Å². The molecule has 0 bridgehead atoms. The van der Waals surface area contributed by atoms with Gasteiger partial charge in [0.05, 0.1) is 6.61 Å². The Hall–Kier alpha value is -2.10. The standard InChI is InChI=1S/C18H24O4/c1-18(2,3)22-17(20)11-7-8-14-21-16(19)13-12-15-9-5-4-6-10-15/h4-6,9-10,12-13H,7-8,11,14H2,1-3H3/b13-12+. The molecule has 0 unspecified atom stereocenters. The van der Waals surface area contributed by atoms with Gasteiger partial charge in [0.15, 0.2) is 0 Å². The van der Waals surface area contributed by atoms with Crippen molar-refractivity contribution in [3.05, 3.63) is 42.0 Å². The summed E-state index contributed by atoms with van der Waals surface area (Å²) in [6, 6.07) is 9.54. The number of ether oxygens (including phenoxy) is 2. The van der Waals surface area contributed by atoms with Gasteiger partial charge in [0.1, 0.15) is 5.60 Å². The maximum absolute atomic E-state index is 11.5. The second kappa shape index (κ2) is 9.03. The highest BCUT2D eigenvalue weighted by Gasteiger charge is 2.15. The van der Waals surface area contributed by atoms with Crippen molar-refractivity contribution in [2.45, 2.75) is 45.6 Å². The van der Waals surface area contributed by atoms with E-state index in [2.05, 4.69) is 0 Å². The normalized spacial score (nSPS) is 11.4. The highest BCUT2D eigenvalue weighted by atomic mass is 16.6. The first-order valence-electron chi connectivity index (χ1n) is 7.48. The lowest BCUT2D eigenvalue weighted by molar-refractivity contribution is -0.154. The first-order valence-corrected chi connectivity index (χ1v) is 7.48. The fraction of sp³-hybridized carbons (Fsp3) is 0.444. The summed E-state index contributed by atoms with van der Waals surface area (Å²) in [4.78, 5) is 23.0. The van der Waals surface area contributed by atoms with Crippen LogP contribution in [0.1, 0.15) is 45.6 Å². The number of rotatable bonds is 7. The Balaban J connectivity index is 2.13. The summed E-state index contributed by atoms with van der Waals surface area (Å²) in [6.07, 6.45) is 4.75. The summed E-state index contributed by atoms with van der Waals surface area (Å²) in [7, 11) is 0. The molecule has 120 valence electrons. The van der Waals surface area contributed by atoms with Gasteiger partial charge in [-0.2, -0.15) is 0 Å². The first-order chi connectivity index (χ1) is 10.4. The number of esters is 2. The maximum Gasteiger partial charge on any atom is 0.330 e. The van der Waals surface area contributed by atoms with E-state index >= 15 is 0 Å².